The average Bonchev–Trinajstić information content (AvgIpc) is 2.72. The van der Waals surface area contributed by atoms with Crippen molar-refractivity contribution >= 4 is 11.6 Å². The zero-order valence-corrected chi connectivity index (χ0v) is 11.6. The number of fused-ring (bicyclic) bond motifs is 1. The van der Waals surface area contributed by atoms with E-state index in [9.17, 15) is 0 Å². The summed E-state index contributed by atoms with van der Waals surface area (Å²) >= 11 is 5.82. The minimum Gasteiger partial charge on any atom is -0.468 e. The van der Waals surface area contributed by atoms with Crippen molar-refractivity contribution in [2.75, 3.05) is 13.6 Å². The lowest BCUT2D eigenvalue weighted by Gasteiger charge is -2.28. The SMILES string of the molecule is Cc1cc2c(o1)CN(C)CC2Oc1ccc(Cl)cn1. The van der Waals surface area contributed by atoms with Gasteiger partial charge in [-0.1, -0.05) is 11.6 Å². The first-order chi connectivity index (χ1) is 9.11. The standard InChI is InChI=1S/C14H15ClN2O2/c1-9-5-11-12(18-9)7-17(2)8-13(11)19-14-4-3-10(15)6-16-14/h3-6,13H,7-8H2,1-2H3. The first kappa shape index (κ1) is 12.5. The Morgan fingerprint density at radius 2 is 2.32 bits per heavy atom. The van der Waals surface area contributed by atoms with Gasteiger partial charge in [0, 0.05) is 24.4 Å². The number of hydrogen-bond donors (Lipinski definition) is 0. The normalized spacial score (nSPS) is 19.2. The van der Waals surface area contributed by atoms with Crippen molar-refractivity contribution in [2.24, 2.45) is 0 Å². The van der Waals surface area contributed by atoms with Crippen LogP contribution >= 0.6 is 11.6 Å². The molecule has 3 rings (SSSR count). The summed E-state index contributed by atoms with van der Waals surface area (Å²) in [5.41, 5.74) is 1.12. The van der Waals surface area contributed by atoms with Gasteiger partial charge >= 0.3 is 0 Å². The molecule has 1 aliphatic heterocycles. The third kappa shape index (κ3) is 2.60. The summed E-state index contributed by atoms with van der Waals surface area (Å²) in [6.45, 7) is 3.59. The largest absolute Gasteiger partial charge is 0.468 e. The van der Waals surface area contributed by atoms with Crippen molar-refractivity contribution in [1.82, 2.24) is 9.88 Å². The minimum atomic E-state index is -0.0557. The maximum atomic E-state index is 5.95. The summed E-state index contributed by atoms with van der Waals surface area (Å²) in [5.74, 6) is 2.47. The second kappa shape index (κ2) is 4.87. The van der Waals surface area contributed by atoms with Crippen LogP contribution in [-0.2, 0) is 6.54 Å². The summed E-state index contributed by atoms with van der Waals surface area (Å²) in [6, 6.07) is 5.60. The summed E-state index contributed by atoms with van der Waals surface area (Å²) in [5, 5.41) is 0.605. The van der Waals surface area contributed by atoms with Crippen LogP contribution < -0.4 is 4.74 Å². The highest BCUT2D eigenvalue weighted by atomic mass is 35.5. The van der Waals surface area contributed by atoms with Crippen LogP contribution in [0.5, 0.6) is 5.88 Å². The lowest BCUT2D eigenvalue weighted by atomic mass is 10.1. The Hall–Kier alpha value is -1.52. The maximum absolute atomic E-state index is 5.95. The molecule has 0 radical (unpaired) electrons. The first-order valence-electron chi connectivity index (χ1n) is 6.18. The zero-order valence-electron chi connectivity index (χ0n) is 10.9. The molecule has 2 aromatic heterocycles. The van der Waals surface area contributed by atoms with Crippen LogP contribution in [0.1, 0.15) is 23.2 Å². The highest BCUT2D eigenvalue weighted by Crippen LogP contribution is 2.31. The number of pyridine rings is 1. The van der Waals surface area contributed by atoms with E-state index in [4.69, 9.17) is 20.8 Å². The van der Waals surface area contributed by atoms with E-state index in [2.05, 4.69) is 9.88 Å². The summed E-state index contributed by atoms with van der Waals surface area (Å²) in [4.78, 5) is 6.35. The fourth-order valence-electron chi connectivity index (χ4n) is 2.35. The summed E-state index contributed by atoms with van der Waals surface area (Å²) < 4.78 is 11.6. The number of hydrogen-bond acceptors (Lipinski definition) is 4. The van der Waals surface area contributed by atoms with Gasteiger partial charge in [0.2, 0.25) is 5.88 Å². The van der Waals surface area contributed by atoms with E-state index >= 15 is 0 Å². The number of aryl methyl sites for hydroxylation is 1. The highest BCUT2D eigenvalue weighted by molar-refractivity contribution is 6.30. The van der Waals surface area contributed by atoms with E-state index in [0.29, 0.717) is 10.9 Å². The van der Waals surface area contributed by atoms with Crippen LogP contribution in [0.25, 0.3) is 0 Å². The highest BCUT2D eigenvalue weighted by Gasteiger charge is 2.28. The Morgan fingerprint density at radius 3 is 3.05 bits per heavy atom. The average molecular weight is 279 g/mol. The van der Waals surface area contributed by atoms with E-state index in [0.717, 1.165) is 30.2 Å². The third-order valence-corrected chi connectivity index (χ3v) is 3.39. The molecule has 5 heteroatoms. The van der Waals surface area contributed by atoms with Crippen LogP contribution in [0.15, 0.2) is 28.8 Å². The zero-order chi connectivity index (χ0) is 13.4. The molecule has 3 heterocycles. The third-order valence-electron chi connectivity index (χ3n) is 3.17. The van der Waals surface area contributed by atoms with Gasteiger partial charge in [0.1, 0.15) is 17.6 Å². The lowest BCUT2D eigenvalue weighted by molar-refractivity contribution is 0.115. The molecule has 100 valence electrons. The molecule has 4 nitrogen and oxygen atoms in total. The van der Waals surface area contributed by atoms with Crippen LogP contribution in [-0.4, -0.2) is 23.5 Å². The van der Waals surface area contributed by atoms with Crippen molar-refractivity contribution < 1.29 is 9.15 Å². The van der Waals surface area contributed by atoms with E-state index in [-0.39, 0.29) is 6.10 Å². The van der Waals surface area contributed by atoms with Crippen molar-refractivity contribution in [1.29, 1.82) is 0 Å². The molecule has 1 atom stereocenters. The lowest BCUT2D eigenvalue weighted by Crippen LogP contribution is -2.32. The van der Waals surface area contributed by atoms with Gasteiger partial charge < -0.3 is 9.15 Å². The Balaban J connectivity index is 1.86. The van der Waals surface area contributed by atoms with E-state index < -0.39 is 0 Å². The van der Waals surface area contributed by atoms with Gasteiger partial charge in [0.15, 0.2) is 0 Å². The minimum absolute atomic E-state index is 0.0557. The molecular weight excluding hydrogens is 264 g/mol. The van der Waals surface area contributed by atoms with Gasteiger partial charge in [0.25, 0.3) is 0 Å². The molecule has 0 amide bonds. The van der Waals surface area contributed by atoms with Gasteiger partial charge in [-0.05, 0) is 26.1 Å². The van der Waals surface area contributed by atoms with Gasteiger partial charge in [-0.25, -0.2) is 4.98 Å². The predicted octanol–water partition coefficient (Wildman–Crippen LogP) is 3.20. The number of aromatic nitrogens is 1. The number of likely N-dealkylation sites (N-methyl/N-ethyl adjacent to an activating group) is 1. The molecule has 0 bridgehead atoms. The molecule has 1 aliphatic rings. The topological polar surface area (TPSA) is 38.5 Å². The molecule has 0 aliphatic carbocycles. The maximum Gasteiger partial charge on any atom is 0.213 e. The summed E-state index contributed by atoms with van der Waals surface area (Å²) in [6.07, 6.45) is 1.53. The quantitative estimate of drug-likeness (QED) is 0.846. The Morgan fingerprint density at radius 1 is 1.47 bits per heavy atom. The molecule has 0 saturated heterocycles. The molecule has 0 fully saturated rings. The molecular formula is C14H15ClN2O2. The molecule has 19 heavy (non-hydrogen) atoms. The molecule has 0 spiro atoms. The van der Waals surface area contributed by atoms with Gasteiger partial charge in [-0.15, -0.1) is 0 Å². The number of rotatable bonds is 2. The van der Waals surface area contributed by atoms with Crippen LogP contribution in [0.2, 0.25) is 5.02 Å². The van der Waals surface area contributed by atoms with Crippen molar-refractivity contribution in [3.8, 4) is 5.88 Å². The van der Waals surface area contributed by atoms with E-state index in [1.54, 1.807) is 18.3 Å². The number of furan rings is 1. The first-order valence-corrected chi connectivity index (χ1v) is 6.55. The number of halogens is 1. The van der Waals surface area contributed by atoms with E-state index in [1.165, 1.54) is 0 Å². The predicted molar refractivity (Wildman–Crippen MR) is 72.4 cm³/mol. The fourth-order valence-corrected chi connectivity index (χ4v) is 2.46. The van der Waals surface area contributed by atoms with Crippen molar-refractivity contribution in [3.05, 3.63) is 46.5 Å². The molecule has 2 aromatic rings. The Kier molecular flexibility index (Phi) is 3.21. The van der Waals surface area contributed by atoms with Crippen LogP contribution in [0.4, 0.5) is 0 Å². The molecule has 1 unspecified atom stereocenters. The Labute approximate surface area is 116 Å². The molecule has 0 saturated carbocycles. The smallest absolute Gasteiger partial charge is 0.213 e. The fraction of sp³-hybridized carbons (Fsp3) is 0.357. The van der Waals surface area contributed by atoms with Crippen molar-refractivity contribution in [2.45, 2.75) is 19.6 Å². The second-order valence-corrected chi connectivity index (χ2v) is 5.29. The van der Waals surface area contributed by atoms with Gasteiger partial charge in [-0.2, -0.15) is 0 Å². The monoisotopic (exact) mass is 278 g/mol. The van der Waals surface area contributed by atoms with Crippen molar-refractivity contribution in [3.63, 3.8) is 0 Å². The van der Waals surface area contributed by atoms with E-state index in [1.807, 2.05) is 20.0 Å². The number of nitrogens with zero attached hydrogens (tertiary/aromatic N) is 2. The number of ether oxygens (including phenoxy) is 1. The van der Waals surface area contributed by atoms with Gasteiger partial charge in [-0.3, -0.25) is 4.90 Å². The molecule has 0 N–H and O–H groups in total. The second-order valence-electron chi connectivity index (χ2n) is 4.85. The summed E-state index contributed by atoms with van der Waals surface area (Å²) in [7, 11) is 2.05. The van der Waals surface area contributed by atoms with Crippen LogP contribution in [0.3, 0.4) is 0 Å². The van der Waals surface area contributed by atoms with Gasteiger partial charge in [0.05, 0.1) is 11.6 Å². The Bertz CT molecular complexity index is 580. The molecule has 0 aromatic carbocycles. The van der Waals surface area contributed by atoms with Crippen LogP contribution in [0, 0.1) is 6.92 Å².